The summed E-state index contributed by atoms with van der Waals surface area (Å²) in [5, 5.41) is 2.93. The van der Waals surface area contributed by atoms with Crippen LogP contribution in [0.25, 0.3) is 10.4 Å². The Morgan fingerprint density at radius 3 is 2.57 bits per heavy atom. The lowest BCUT2D eigenvalue weighted by Crippen LogP contribution is -2.51. The maximum atomic E-state index is 12.1. The number of methoxy groups -OCH3 is 1. The molecular weight excluding hydrogens is 308 g/mol. The number of rotatable bonds is 7. The molecule has 0 saturated carbocycles. The van der Waals surface area contributed by atoms with Gasteiger partial charge in [0, 0.05) is 9.75 Å². The van der Waals surface area contributed by atoms with E-state index in [0.717, 1.165) is 22.6 Å². The molecule has 0 bridgehead atoms. The van der Waals surface area contributed by atoms with Gasteiger partial charge in [-0.25, -0.2) is 0 Å². The maximum absolute atomic E-state index is 12.1. The van der Waals surface area contributed by atoms with Gasteiger partial charge in [-0.05, 0) is 55.3 Å². The maximum Gasteiger partial charge on any atom is 0.240 e. The van der Waals surface area contributed by atoms with Gasteiger partial charge in [-0.3, -0.25) is 4.79 Å². The Morgan fingerprint density at radius 2 is 1.96 bits per heavy atom. The molecule has 0 saturated heterocycles. The summed E-state index contributed by atoms with van der Waals surface area (Å²) in [6, 6.07) is 12.1. The lowest BCUT2D eigenvalue weighted by molar-refractivity contribution is -0.126. The number of carbonyl (C=O) groups excluding carboxylic acids is 1. The molecule has 0 spiro atoms. The third kappa shape index (κ3) is 4.56. The van der Waals surface area contributed by atoms with Gasteiger partial charge >= 0.3 is 0 Å². The molecule has 0 radical (unpaired) electrons. The first-order valence-corrected chi connectivity index (χ1v) is 8.58. The first kappa shape index (κ1) is 17.5. The zero-order chi connectivity index (χ0) is 16.9. The molecular formula is C18H24N2O2S. The highest BCUT2D eigenvalue weighted by Gasteiger charge is 2.26. The average molecular weight is 332 g/mol. The fraction of sp³-hybridized carbons (Fsp3) is 0.389. The predicted molar refractivity (Wildman–Crippen MR) is 95.7 cm³/mol. The lowest BCUT2D eigenvalue weighted by Gasteiger charge is -2.22. The third-order valence-electron chi connectivity index (χ3n) is 3.75. The first-order valence-electron chi connectivity index (χ1n) is 7.76. The van der Waals surface area contributed by atoms with Crippen molar-refractivity contribution in [3.63, 3.8) is 0 Å². The van der Waals surface area contributed by atoms with E-state index in [1.54, 1.807) is 25.4 Å². The number of benzene rings is 1. The minimum atomic E-state index is -0.801. The van der Waals surface area contributed by atoms with E-state index in [0.29, 0.717) is 13.0 Å². The van der Waals surface area contributed by atoms with E-state index in [9.17, 15) is 4.79 Å². The summed E-state index contributed by atoms with van der Waals surface area (Å²) in [5.74, 6) is 0.745. The summed E-state index contributed by atoms with van der Waals surface area (Å²) < 4.78 is 5.17. The number of hydrogen-bond donors (Lipinski definition) is 2. The second-order valence-corrected chi connectivity index (χ2v) is 7.01. The van der Waals surface area contributed by atoms with Gasteiger partial charge in [0.15, 0.2) is 0 Å². The summed E-state index contributed by atoms with van der Waals surface area (Å²) in [6.45, 7) is 4.32. The van der Waals surface area contributed by atoms with Crippen LogP contribution in [0.1, 0.15) is 31.6 Å². The van der Waals surface area contributed by atoms with Crippen molar-refractivity contribution in [2.45, 2.75) is 38.8 Å². The lowest BCUT2D eigenvalue weighted by atomic mass is 9.96. The Morgan fingerprint density at radius 1 is 1.26 bits per heavy atom. The zero-order valence-corrected chi connectivity index (χ0v) is 14.7. The van der Waals surface area contributed by atoms with Gasteiger partial charge in [-0.2, -0.15) is 0 Å². The van der Waals surface area contributed by atoms with Crippen molar-refractivity contribution in [2.24, 2.45) is 5.73 Å². The van der Waals surface area contributed by atoms with E-state index in [4.69, 9.17) is 10.5 Å². The van der Waals surface area contributed by atoms with E-state index < -0.39 is 5.54 Å². The molecule has 1 amide bonds. The predicted octanol–water partition coefficient (Wildman–Crippen LogP) is 3.56. The van der Waals surface area contributed by atoms with Crippen LogP contribution in [0.3, 0.4) is 0 Å². The smallest absolute Gasteiger partial charge is 0.240 e. The molecule has 23 heavy (non-hydrogen) atoms. The molecule has 2 rings (SSSR count). The molecule has 0 aliphatic carbocycles. The summed E-state index contributed by atoms with van der Waals surface area (Å²) in [4.78, 5) is 14.4. The van der Waals surface area contributed by atoms with Crippen molar-refractivity contribution >= 4 is 17.2 Å². The van der Waals surface area contributed by atoms with Gasteiger partial charge in [-0.15, -0.1) is 11.3 Å². The van der Waals surface area contributed by atoms with E-state index in [-0.39, 0.29) is 5.91 Å². The van der Waals surface area contributed by atoms with Gasteiger partial charge in [0.25, 0.3) is 0 Å². The minimum Gasteiger partial charge on any atom is -0.497 e. The Hall–Kier alpha value is -1.85. The van der Waals surface area contributed by atoms with Crippen molar-refractivity contribution in [2.75, 3.05) is 7.11 Å². The molecule has 0 fully saturated rings. The molecule has 5 heteroatoms. The molecule has 2 aromatic rings. The normalized spacial score (nSPS) is 13.4. The number of hydrogen-bond acceptors (Lipinski definition) is 4. The Labute approximate surface area is 141 Å². The van der Waals surface area contributed by atoms with E-state index in [2.05, 4.69) is 11.4 Å². The van der Waals surface area contributed by atoms with Crippen LogP contribution in [0.5, 0.6) is 5.75 Å². The second-order valence-electron chi connectivity index (χ2n) is 5.84. The summed E-state index contributed by atoms with van der Waals surface area (Å²) >= 11 is 1.67. The van der Waals surface area contributed by atoms with Gasteiger partial charge < -0.3 is 15.8 Å². The van der Waals surface area contributed by atoms with Gasteiger partial charge in [0.1, 0.15) is 5.75 Å². The molecule has 3 N–H and O–H groups in total. The fourth-order valence-electron chi connectivity index (χ4n) is 2.39. The van der Waals surface area contributed by atoms with Crippen LogP contribution in [0.4, 0.5) is 0 Å². The van der Waals surface area contributed by atoms with Crippen LogP contribution >= 0.6 is 11.3 Å². The Kier molecular flexibility index (Phi) is 5.80. The van der Waals surface area contributed by atoms with Crippen LogP contribution in [-0.4, -0.2) is 18.6 Å². The van der Waals surface area contributed by atoms with Crippen molar-refractivity contribution in [1.82, 2.24) is 5.32 Å². The molecule has 124 valence electrons. The summed E-state index contributed by atoms with van der Waals surface area (Å²) in [5.41, 5.74) is 6.38. The monoisotopic (exact) mass is 332 g/mol. The highest BCUT2D eigenvalue weighted by atomic mass is 32.1. The number of thiophene rings is 1. The summed E-state index contributed by atoms with van der Waals surface area (Å²) in [7, 11) is 1.66. The van der Waals surface area contributed by atoms with Crippen LogP contribution < -0.4 is 15.8 Å². The van der Waals surface area contributed by atoms with Crippen LogP contribution in [0.15, 0.2) is 36.4 Å². The first-order chi connectivity index (χ1) is 11.0. The van der Waals surface area contributed by atoms with E-state index in [1.165, 1.54) is 4.88 Å². The topological polar surface area (TPSA) is 64.4 Å². The highest BCUT2D eigenvalue weighted by Crippen LogP contribution is 2.29. The van der Waals surface area contributed by atoms with E-state index >= 15 is 0 Å². The number of carbonyl (C=O) groups is 1. The molecule has 0 aliphatic rings. The Bertz CT molecular complexity index is 647. The quantitative estimate of drug-likeness (QED) is 0.815. The highest BCUT2D eigenvalue weighted by molar-refractivity contribution is 7.15. The van der Waals surface area contributed by atoms with Gasteiger partial charge in [0.2, 0.25) is 5.91 Å². The van der Waals surface area contributed by atoms with E-state index in [1.807, 2.05) is 37.3 Å². The standard InChI is InChI=1S/C18H24N2O2S/c1-4-11-18(2,19)17(21)20-12-15-9-10-16(23-15)13-5-7-14(22-3)8-6-13/h5-10H,4,11-12,19H2,1-3H3,(H,20,21). The number of nitrogens with one attached hydrogen (secondary N) is 1. The van der Waals surface area contributed by atoms with Crippen LogP contribution in [0.2, 0.25) is 0 Å². The molecule has 0 aliphatic heterocycles. The number of amides is 1. The van der Waals surface area contributed by atoms with Gasteiger partial charge in [0.05, 0.1) is 19.2 Å². The molecule has 1 heterocycles. The zero-order valence-electron chi connectivity index (χ0n) is 13.9. The van der Waals surface area contributed by atoms with Crippen LogP contribution in [0, 0.1) is 0 Å². The number of nitrogens with two attached hydrogens (primary N) is 1. The minimum absolute atomic E-state index is 0.0984. The van der Waals surface area contributed by atoms with Crippen LogP contribution in [-0.2, 0) is 11.3 Å². The fourth-order valence-corrected chi connectivity index (χ4v) is 3.34. The molecule has 4 nitrogen and oxygen atoms in total. The Balaban J connectivity index is 1.98. The van der Waals surface area contributed by atoms with Crippen molar-refractivity contribution in [3.05, 3.63) is 41.3 Å². The van der Waals surface area contributed by atoms with Crippen molar-refractivity contribution in [3.8, 4) is 16.2 Å². The molecule has 1 aromatic carbocycles. The van der Waals surface area contributed by atoms with Crippen molar-refractivity contribution < 1.29 is 9.53 Å². The molecule has 1 atom stereocenters. The third-order valence-corrected chi connectivity index (χ3v) is 4.88. The molecule has 1 aromatic heterocycles. The largest absolute Gasteiger partial charge is 0.497 e. The molecule has 1 unspecified atom stereocenters. The SMILES string of the molecule is CCCC(C)(N)C(=O)NCc1ccc(-c2ccc(OC)cc2)s1. The summed E-state index contributed by atoms with van der Waals surface area (Å²) in [6.07, 6.45) is 1.57. The van der Waals surface area contributed by atoms with Crippen molar-refractivity contribution in [1.29, 1.82) is 0 Å². The number of ether oxygens (including phenoxy) is 1. The second kappa shape index (κ2) is 7.62. The van der Waals surface area contributed by atoms with Gasteiger partial charge in [-0.1, -0.05) is 13.3 Å². The average Bonchev–Trinajstić information content (AvgIpc) is 3.01.